The molecule has 1 fully saturated rings. The lowest BCUT2D eigenvalue weighted by atomic mass is 10.2. The number of hydrogen-bond acceptors (Lipinski definition) is 3. The normalized spacial score (nSPS) is 21.7. The fourth-order valence-electron chi connectivity index (χ4n) is 1.57. The van der Waals surface area contributed by atoms with Crippen LogP contribution in [-0.2, 0) is 4.74 Å². The minimum Gasteiger partial charge on any atom is -0.372 e. The first kappa shape index (κ1) is 10.6. The number of nitrogens with zero attached hydrogens (tertiary/aromatic N) is 1. The second kappa shape index (κ2) is 4.72. The Kier molecular flexibility index (Phi) is 3.33. The Labute approximate surface area is 91.5 Å². The molecule has 0 spiro atoms. The summed E-state index contributed by atoms with van der Waals surface area (Å²) in [5, 5.41) is 3.67. The lowest BCUT2D eigenvalue weighted by molar-refractivity contribution is -0.0310. The van der Waals surface area contributed by atoms with E-state index in [9.17, 15) is 9.18 Å². The van der Waals surface area contributed by atoms with Crippen LogP contribution >= 0.6 is 11.3 Å². The molecule has 0 unspecified atom stereocenters. The Morgan fingerprint density at radius 1 is 1.73 bits per heavy atom. The van der Waals surface area contributed by atoms with Crippen LogP contribution in [0.5, 0.6) is 0 Å². The fourth-order valence-corrected chi connectivity index (χ4v) is 2.20. The van der Waals surface area contributed by atoms with Crippen molar-refractivity contribution >= 4 is 17.2 Å². The van der Waals surface area contributed by atoms with Gasteiger partial charge in [-0.1, -0.05) is 0 Å². The molecule has 1 amide bonds. The zero-order valence-electron chi connectivity index (χ0n) is 8.19. The van der Waals surface area contributed by atoms with Gasteiger partial charge in [0, 0.05) is 18.5 Å². The number of morpholine rings is 1. The summed E-state index contributed by atoms with van der Waals surface area (Å²) in [7, 11) is 0. The van der Waals surface area contributed by atoms with Crippen molar-refractivity contribution in [3.05, 3.63) is 22.4 Å². The van der Waals surface area contributed by atoms with Crippen molar-refractivity contribution in [1.82, 2.24) is 4.90 Å². The molecule has 3 nitrogen and oxygen atoms in total. The van der Waals surface area contributed by atoms with Gasteiger partial charge in [0.25, 0.3) is 5.91 Å². The Morgan fingerprint density at radius 2 is 2.60 bits per heavy atom. The molecule has 1 atom stereocenters. The molecule has 0 radical (unpaired) electrons. The largest absolute Gasteiger partial charge is 0.372 e. The summed E-state index contributed by atoms with van der Waals surface area (Å²) < 4.78 is 17.6. The van der Waals surface area contributed by atoms with Gasteiger partial charge in [-0.25, -0.2) is 4.39 Å². The summed E-state index contributed by atoms with van der Waals surface area (Å²) in [6.07, 6.45) is -0.457. The van der Waals surface area contributed by atoms with Gasteiger partial charge < -0.3 is 9.64 Å². The van der Waals surface area contributed by atoms with Gasteiger partial charge in [0.1, 0.15) is 12.8 Å². The minimum atomic E-state index is -0.534. The highest BCUT2D eigenvalue weighted by Crippen LogP contribution is 2.13. The molecule has 1 aromatic heterocycles. The molecule has 1 aromatic rings. The number of carbonyl (C=O) groups excluding carboxylic acids is 1. The van der Waals surface area contributed by atoms with Crippen LogP contribution in [0.1, 0.15) is 10.4 Å². The first-order chi connectivity index (χ1) is 7.31. The van der Waals surface area contributed by atoms with Crippen molar-refractivity contribution in [1.29, 1.82) is 0 Å². The van der Waals surface area contributed by atoms with Crippen LogP contribution in [-0.4, -0.2) is 43.3 Å². The average molecular weight is 229 g/mol. The third-order valence-electron chi connectivity index (χ3n) is 2.37. The number of rotatable bonds is 2. The molecule has 82 valence electrons. The summed E-state index contributed by atoms with van der Waals surface area (Å²) >= 11 is 1.49. The fraction of sp³-hybridized carbons (Fsp3) is 0.500. The van der Waals surface area contributed by atoms with Crippen molar-refractivity contribution in [3.63, 3.8) is 0 Å². The van der Waals surface area contributed by atoms with Crippen LogP contribution < -0.4 is 0 Å². The monoisotopic (exact) mass is 229 g/mol. The van der Waals surface area contributed by atoms with Gasteiger partial charge in [-0.15, -0.1) is 0 Å². The Bertz CT molecular complexity index is 328. The second-order valence-corrected chi connectivity index (χ2v) is 4.19. The van der Waals surface area contributed by atoms with Gasteiger partial charge in [0.2, 0.25) is 0 Å². The summed E-state index contributed by atoms with van der Waals surface area (Å²) in [5.74, 6) is -0.0296. The lowest BCUT2D eigenvalue weighted by Crippen LogP contribution is -2.46. The third-order valence-corrected chi connectivity index (χ3v) is 3.05. The van der Waals surface area contributed by atoms with Crippen molar-refractivity contribution in [2.75, 3.05) is 26.4 Å². The molecule has 1 aliphatic heterocycles. The van der Waals surface area contributed by atoms with Crippen LogP contribution in [0, 0.1) is 0 Å². The molecule has 5 heteroatoms. The van der Waals surface area contributed by atoms with E-state index in [0.717, 1.165) is 0 Å². The van der Waals surface area contributed by atoms with Gasteiger partial charge in [-0.05, 0) is 11.4 Å². The summed E-state index contributed by atoms with van der Waals surface area (Å²) in [4.78, 5) is 13.5. The van der Waals surface area contributed by atoms with E-state index in [4.69, 9.17) is 4.74 Å². The Morgan fingerprint density at radius 3 is 3.27 bits per heavy atom. The third kappa shape index (κ3) is 2.35. The molecule has 0 saturated carbocycles. The summed E-state index contributed by atoms with van der Waals surface area (Å²) in [6.45, 7) is 0.786. The van der Waals surface area contributed by atoms with Crippen molar-refractivity contribution in [2.45, 2.75) is 6.10 Å². The number of hydrogen-bond donors (Lipinski definition) is 0. The van der Waals surface area contributed by atoms with E-state index in [-0.39, 0.29) is 5.91 Å². The molecule has 15 heavy (non-hydrogen) atoms. The predicted octanol–water partition coefficient (Wildman–Crippen LogP) is 1.56. The molecule has 2 heterocycles. The maximum Gasteiger partial charge on any atom is 0.254 e. The van der Waals surface area contributed by atoms with E-state index in [0.29, 0.717) is 25.3 Å². The van der Waals surface area contributed by atoms with Crippen LogP contribution in [0.15, 0.2) is 16.8 Å². The van der Waals surface area contributed by atoms with Crippen LogP contribution in [0.2, 0.25) is 0 Å². The molecule has 0 aliphatic carbocycles. The Balaban J connectivity index is 2.01. The zero-order valence-corrected chi connectivity index (χ0v) is 9.00. The SMILES string of the molecule is O=C(c1ccsc1)N1CCO[C@@H](CF)C1. The van der Waals surface area contributed by atoms with Crippen LogP contribution in [0.3, 0.4) is 0 Å². The summed E-state index contributed by atoms with van der Waals surface area (Å²) in [6, 6.07) is 1.78. The number of ether oxygens (including phenoxy) is 1. The maximum absolute atomic E-state index is 12.4. The predicted molar refractivity (Wildman–Crippen MR) is 55.9 cm³/mol. The van der Waals surface area contributed by atoms with E-state index in [1.165, 1.54) is 11.3 Å². The van der Waals surface area contributed by atoms with E-state index in [1.807, 2.05) is 10.8 Å². The standard InChI is InChI=1S/C10H12FNO2S/c11-5-9-6-12(2-3-14-9)10(13)8-1-4-15-7-8/h1,4,7,9H,2-3,5-6H2/t9-/m0/s1. The number of thiophene rings is 1. The quantitative estimate of drug-likeness (QED) is 0.770. The van der Waals surface area contributed by atoms with Gasteiger partial charge in [-0.2, -0.15) is 11.3 Å². The molecule has 2 rings (SSSR count). The minimum absolute atomic E-state index is 0.0296. The lowest BCUT2D eigenvalue weighted by Gasteiger charge is -2.31. The van der Waals surface area contributed by atoms with Gasteiger partial charge >= 0.3 is 0 Å². The van der Waals surface area contributed by atoms with Crippen LogP contribution in [0.25, 0.3) is 0 Å². The molecule has 1 saturated heterocycles. The maximum atomic E-state index is 12.4. The van der Waals surface area contributed by atoms with Gasteiger partial charge in [-0.3, -0.25) is 4.79 Å². The van der Waals surface area contributed by atoms with Crippen molar-refractivity contribution < 1.29 is 13.9 Å². The molecular formula is C10H12FNO2S. The van der Waals surface area contributed by atoms with E-state index in [2.05, 4.69) is 0 Å². The highest BCUT2D eigenvalue weighted by Gasteiger charge is 2.24. The average Bonchev–Trinajstić information content (AvgIpc) is 2.81. The van der Waals surface area contributed by atoms with E-state index in [1.54, 1.807) is 11.0 Å². The van der Waals surface area contributed by atoms with Gasteiger partial charge in [0.05, 0.1) is 12.2 Å². The van der Waals surface area contributed by atoms with E-state index < -0.39 is 12.8 Å². The topological polar surface area (TPSA) is 29.5 Å². The number of alkyl halides is 1. The van der Waals surface area contributed by atoms with Gasteiger partial charge in [0.15, 0.2) is 0 Å². The first-order valence-electron chi connectivity index (χ1n) is 4.80. The van der Waals surface area contributed by atoms with Crippen LogP contribution in [0.4, 0.5) is 4.39 Å². The summed E-state index contributed by atoms with van der Waals surface area (Å²) in [5.41, 5.74) is 0.680. The Hall–Kier alpha value is -0.940. The van der Waals surface area contributed by atoms with E-state index >= 15 is 0 Å². The van der Waals surface area contributed by atoms with Crippen molar-refractivity contribution in [3.8, 4) is 0 Å². The second-order valence-electron chi connectivity index (χ2n) is 3.41. The first-order valence-corrected chi connectivity index (χ1v) is 5.74. The number of amides is 1. The highest BCUT2D eigenvalue weighted by atomic mass is 32.1. The van der Waals surface area contributed by atoms with Crippen molar-refractivity contribution in [2.24, 2.45) is 0 Å². The smallest absolute Gasteiger partial charge is 0.254 e. The molecular weight excluding hydrogens is 217 g/mol. The molecule has 0 N–H and O–H groups in total. The highest BCUT2D eigenvalue weighted by molar-refractivity contribution is 7.08. The molecule has 1 aliphatic rings. The number of halogens is 1. The zero-order chi connectivity index (χ0) is 10.7. The molecule has 0 bridgehead atoms. The molecule has 0 aromatic carbocycles. The number of carbonyl (C=O) groups is 1.